The van der Waals surface area contributed by atoms with Gasteiger partial charge in [0.2, 0.25) is 0 Å². The predicted octanol–water partition coefficient (Wildman–Crippen LogP) is 2.72. The zero-order valence-corrected chi connectivity index (χ0v) is 12.7. The maximum absolute atomic E-state index is 5.46. The Kier molecular flexibility index (Phi) is 4.79. The van der Waals surface area contributed by atoms with Crippen molar-refractivity contribution in [2.24, 2.45) is 0 Å². The number of nitrogens with one attached hydrogen (secondary N) is 1. The standard InChI is InChI=1S/C16H23N3O/c1-5-19-16(15(20-4)11-18-19)14(17-3)10-13-9-7-6-8-12(13)2/h6-9,11,14,17H,5,10H2,1-4H3. The molecule has 0 bridgehead atoms. The highest BCUT2D eigenvalue weighted by Gasteiger charge is 2.21. The minimum absolute atomic E-state index is 0.188. The molecule has 0 aliphatic heterocycles. The van der Waals surface area contributed by atoms with Crippen LogP contribution in [0.1, 0.15) is 29.8 Å². The van der Waals surface area contributed by atoms with Crippen LogP contribution in [0, 0.1) is 6.92 Å². The molecule has 1 heterocycles. The van der Waals surface area contributed by atoms with Gasteiger partial charge in [0, 0.05) is 6.54 Å². The Morgan fingerprint density at radius 3 is 2.70 bits per heavy atom. The number of aromatic nitrogens is 2. The zero-order valence-electron chi connectivity index (χ0n) is 12.7. The fraction of sp³-hybridized carbons (Fsp3) is 0.438. The molecule has 1 unspecified atom stereocenters. The van der Waals surface area contributed by atoms with Crippen molar-refractivity contribution in [1.29, 1.82) is 0 Å². The summed E-state index contributed by atoms with van der Waals surface area (Å²) in [5.74, 6) is 0.847. The molecule has 0 aliphatic rings. The third-order valence-corrected chi connectivity index (χ3v) is 3.73. The molecule has 4 heteroatoms. The molecule has 1 atom stereocenters. The summed E-state index contributed by atoms with van der Waals surface area (Å²) in [4.78, 5) is 0. The number of hydrogen-bond donors (Lipinski definition) is 1. The first-order valence-corrected chi connectivity index (χ1v) is 7.02. The number of benzene rings is 1. The Morgan fingerprint density at radius 2 is 2.10 bits per heavy atom. The molecule has 4 nitrogen and oxygen atoms in total. The molecule has 2 aromatic rings. The molecule has 0 amide bonds. The first kappa shape index (κ1) is 14.6. The normalized spacial score (nSPS) is 12.4. The molecule has 1 aromatic heterocycles. The Bertz CT molecular complexity index is 541. The van der Waals surface area contributed by atoms with E-state index in [0.717, 1.165) is 24.4 Å². The number of rotatable bonds is 6. The maximum atomic E-state index is 5.46. The van der Waals surface area contributed by atoms with E-state index in [2.05, 4.69) is 48.5 Å². The first-order chi connectivity index (χ1) is 9.71. The smallest absolute Gasteiger partial charge is 0.161 e. The molecule has 108 valence electrons. The quantitative estimate of drug-likeness (QED) is 0.879. The molecule has 0 spiro atoms. The first-order valence-electron chi connectivity index (χ1n) is 7.02. The van der Waals surface area contributed by atoms with E-state index in [9.17, 15) is 0 Å². The summed E-state index contributed by atoms with van der Waals surface area (Å²) in [6.07, 6.45) is 2.71. The van der Waals surface area contributed by atoms with Gasteiger partial charge in [0.15, 0.2) is 5.75 Å². The van der Waals surface area contributed by atoms with Gasteiger partial charge in [-0.25, -0.2) is 0 Å². The topological polar surface area (TPSA) is 39.1 Å². The molecule has 0 saturated carbocycles. The monoisotopic (exact) mass is 273 g/mol. The van der Waals surface area contributed by atoms with Crippen molar-refractivity contribution in [1.82, 2.24) is 15.1 Å². The van der Waals surface area contributed by atoms with Crippen molar-refractivity contribution in [3.05, 3.63) is 47.3 Å². The minimum atomic E-state index is 0.188. The van der Waals surface area contributed by atoms with Crippen molar-refractivity contribution in [3.8, 4) is 5.75 Å². The van der Waals surface area contributed by atoms with E-state index in [-0.39, 0.29) is 6.04 Å². The lowest BCUT2D eigenvalue weighted by molar-refractivity contribution is 0.394. The Morgan fingerprint density at radius 1 is 1.35 bits per heavy atom. The molecule has 20 heavy (non-hydrogen) atoms. The van der Waals surface area contributed by atoms with E-state index in [4.69, 9.17) is 4.74 Å². The lowest BCUT2D eigenvalue weighted by atomic mass is 9.99. The van der Waals surface area contributed by atoms with Crippen LogP contribution >= 0.6 is 0 Å². The van der Waals surface area contributed by atoms with Gasteiger partial charge in [-0.2, -0.15) is 5.10 Å². The minimum Gasteiger partial charge on any atom is -0.493 e. The molecule has 0 fully saturated rings. The van der Waals surface area contributed by atoms with Crippen LogP contribution in [0.15, 0.2) is 30.5 Å². The van der Waals surface area contributed by atoms with Crippen LogP contribution in [0.3, 0.4) is 0 Å². The number of nitrogens with zero attached hydrogens (tertiary/aromatic N) is 2. The van der Waals surface area contributed by atoms with Crippen LogP contribution in [0.25, 0.3) is 0 Å². The summed E-state index contributed by atoms with van der Waals surface area (Å²) in [6.45, 7) is 5.08. The number of aryl methyl sites for hydroxylation is 2. The summed E-state index contributed by atoms with van der Waals surface area (Å²) in [7, 11) is 3.68. The summed E-state index contributed by atoms with van der Waals surface area (Å²) in [6, 6.07) is 8.68. The maximum Gasteiger partial charge on any atom is 0.161 e. The van der Waals surface area contributed by atoms with Crippen LogP contribution in [0.2, 0.25) is 0 Å². The molecule has 2 rings (SSSR count). The van der Waals surface area contributed by atoms with Crippen molar-refractivity contribution < 1.29 is 4.74 Å². The van der Waals surface area contributed by atoms with Gasteiger partial charge in [-0.15, -0.1) is 0 Å². The highest BCUT2D eigenvalue weighted by molar-refractivity contribution is 5.32. The van der Waals surface area contributed by atoms with Gasteiger partial charge in [0.25, 0.3) is 0 Å². The number of hydrogen-bond acceptors (Lipinski definition) is 3. The summed E-state index contributed by atoms with van der Waals surface area (Å²) >= 11 is 0. The van der Waals surface area contributed by atoms with E-state index in [1.54, 1.807) is 13.3 Å². The van der Waals surface area contributed by atoms with Gasteiger partial charge in [-0.1, -0.05) is 24.3 Å². The highest BCUT2D eigenvalue weighted by atomic mass is 16.5. The predicted molar refractivity (Wildman–Crippen MR) is 81.1 cm³/mol. The number of ether oxygens (including phenoxy) is 1. The number of methoxy groups -OCH3 is 1. The average molecular weight is 273 g/mol. The molecule has 1 N–H and O–H groups in total. The van der Waals surface area contributed by atoms with E-state index in [1.165, 1.54) is 11.1 Å². The third kappa shape index (κ3) is 2.85. The van der Waals surface area contributed by atoms with Gasteiger partial charge in [-0.05, 0) is 38.4 Å². The van der Waals surface area contributed by atoms with Crippen molar-refractivity contribution >= 4 is 0 Å². The van der Waals surface area contributed by atoms with Gasteiger partial charge in [-0.3, -0.25) is 4.68 Å². The SMILES string of the molecule is CCn1ncc(OC)c1C(Cc1ccccc1C)NC. The highest BCUT2D eigenvalue weighted by Crippen LogP contribution is 2.28. The summed E-state index contributed by atoms with van der Waals surface area (Å²) < 4.78 is 7.45. The molecule has 0 aliphatic carbocycles. The van der Waals surface area contributed by atoms with Crippen molar-refractivity contribution in [2.75, 3.05) is 14.2 Å². The van der Waals surface area contributed by atoms with Crippen LogP contribution in [-0.4, -0.2) is 23.9 Å². The van der Waals surface area contributed by atoms with E-state index >= 15 is 0 Å². The van der Waals surface area contributed by atoms with Crippen LogP contribution in [0.4, 0.5) is 0 Å². The number of likely N-dealkylation sites (N-methyl/N-ethyl adjacent to an activating group) is 1. The van der Waals surface area contributed by atoms with Gasteiger partial charge in [0.05, 0.1) is 25.0 Å². The third-order valence-electron chi connectivity index (χ3n) is 3.73. The van der Waals surface area contributed by atoms with E-state index in [1.807, 2.05) is 11.7 Å². The Balaban J connectivity index is 2.33. The summed E-state index contributed by atoms with van der Waals surface area (Å²) in [5.41, 5.74) is 3.77. The molecular formula is C16H23N3O. The fourth-order valence-corrected chi connectivity index (χ4v) is 2.53. The van der Waals surface area contributed by atoms with E-state index < -0.39 is 0 Å². The van der Waals surface area contributed by atoms with E-state index in [0.29, 0.717) is 0 Å². The molecule has 0 saturated heterocycles. The second kappa shape index (κ2) is 6.57. The van der Waals surface area contributed by atoms with Crippen molar-refractivity contribution in [2.45, 2.75) is 32.9 Å². The van der Waals surface area contributed by atoms with Gasteiger partial charge in [0.1, 0.15) is 0 Å². The Hall–Kier alpha value is -1.81. The largest absolute Gasteiger partial charge is 0.493 e. The molecule has 1 aromatic carbocycles. The summed E-state index contributed by atoms with van der Waals surface area (Å²) in [5, 5.41) is 7.78. The van der Waals surface area contributed by atoms with Gasteiger partial charge >= 0.3 is 0 Å². The van der Waals surface area contributed by atoms with Crippen LogP contribution in [0.5, 0.6) is 5.75 Å². The molecular weight excluding hydrogens is 250 g/mol. The van der Waals surface area contributed by atoms with Crippen molar-refractivity contribution in [3.63, 3.8) is 0 Å². The zero-order chi connectivity index (χ0) is 14.5. The van der Waals surface area contributed by atoms with Crippen LogP contribution < -0.4 is 10.1 Å². The second-order valence-corrected chi connectivity index (χ2v) is 4.89. The lowest BCUT2D eigenvalue weighted by Gasteiger charge is -2.20. The fourth-order valence-electron chi connectivity index (χ4n) is 2.53. The molecule has 0 radical (unpaired) electrons. The second-order valence-electron chi connectivity index (χ2n) is 4.89. The van der Waals surface area contributed by atoms with Crippen LogP contribution in [-0.2, 0) is 13.0 Å². The van der Waals surface area contributed by atoms with Gasteiger partial charge < -0.3 is 10.1 Å². The lowest BCUT2D eigenvalue weighted by Crippen LogP contribution is -2.23. The average Bonchev–Trinajstić information content (AvgIpc) is 2.89. The Labute approximate surface area is 120 Å².